The molecule has 0 saturated heterocycles. The second-order valence-corrected chi connectivity index (χ2v) is 9.18. The molecule has 5 heteroatoms. The van der Waals surface area contributed by atoms with Crippen LogP contribution in [0.5, 0.6) is 0 Å². The topological polar surface area (TPSA) is 48.3 Å². The molecule has 1 atom stereocenters. The van der Waals surface area contributed by atoms with Crippen LogP contribution in [0.4, 0.5) is 4.79 Å². The zero-order valence-corrected chi connectivity index (χ0v) is 18.2. The molecule has 0 aliphatic heterocycles. The molecule has 1 aromatic heterocycles. The summed E-state index contributed by atoms with van der Waals surface area (Å²) in [6.07, 6.45) is 3.00. The minimum atomic E-state index is -0.598. The highest BCUT2D eigenvalue weighted by molar-refractivity contribution is 9.10. The molecule has 0 unspecified atom stereocenters. The number of benzene rings is 2. The Labute approximate surface area is 178 Å². The van der Waals surface area contributed by atoms with Gasteiger partial charge in [-0.05, 0) is 57.0 Å². The molecule has 0 saturated carbocycles. The number of fused-ring (bicyclic) bond motifs is 3. The summed E-state index contributed by atoms with van der Waals surface area (Å²) in [5.74, 6) is -0.112. The van der Waals surface area contributed by atoms with Gasteiger partial charge in [0, 0.05) is 32.6 Å². The van der Waals surface area contributed by atoms with Crippen LogP contribution in [0.2, 0.25) is 0 Å². The molecule has 1 heterocycles. The van der Waals surface area contributed by atoms with Gasteiger partial charge in [0.1, 0.15) is 11.9 Å². The van der Waals surface area contributed by atoms with Crippen molar-refractivity contribution in [1.82, 2.24) is 4.57 Å². The molecule has 1 aliphatic rings. The summed E-state index contributed by atoms with van der Waals surface area (Å²) in [6.45, 7) is 5.58. The number of hydrogen-bond donors (Lipinski definition) is 0. The van der Waals surface area contributed by atoms with Crippen molar-refractivity contribution in [3.8, 4) is 0 Å². The van der Waals surface area contributed by atoms with Crippen molar-refractivity contribution < 1.29 is 14.3 Å². The van der Waals surface area contributed by atoms with Crippen molar-refractivity contribution in [2.75, 3.05) is 0 Å². The van der Waals surface area contributed by atoms with Gasteiger partial charge in [-0.3, -0.25) is 4.79 Å². The number of allylic oxidation sites excluding steroid dienone is 1. The fourth-order valence-corrected chi connectivity index (χ4v) is 4.16. The fraction of sp³-hybridized carbons (Fsp3) is 0.250. The molecule has 2 aromatic carbocycles. The van der Waals surface area contributed by atoms with Crippen LogP contribution in [-0.2, 0) is 16.0 Å². The van der Waals surface area contributed by atoms with E-state index in [1.165, 1.54) is 0 Å². The molecule has 0 fully saturated rings. The van der Waals surface area contributed by atoms with Crippen molar-refractivity contribution in [3.05, 3.63) is 75.4 Å². The Morgan fingerprint density at radius 1 is 1.14 bits per heavy atom. The third-order valence-electron chi connectivity index (χ3n) is 5.11. The van der Waals surface area contributed by atoms with Gasteiger partial charge in [-0.1, -0.05) is 46.3 Å². The number of nitrogens with zero attached hydrogens (tertiary/aromatic N) is 1. The van der Waals surface area contributed by atoms with E-state index in [0.717, 1.165) is 38.5 Å². The number of carbonyl (C=O) groups is 2. The number of halogens is 1. The molecule has 0 radical (unpaired) electrons. The maximum atomic E-state index is 13.1. The Hall–Kier alpha value is -2.66. The average molecular weight is 452 g/mol. The predicted octanol–water partition coefficient (Wildman–Crippen LogP) is 6.11. The minimum absolute atomic E-state index is 0.112. The van der Waals surface area contributed by atoms with Crippen LogP contribution in [0.3, 0.4) is 0 Å². The number of aldehydes is 1. The van der Waals surface area contributed by atoms with E-state index in [4.69, 9.17) is 4.74 Å². The largest absolute Gasteiger partial charge is 0.443 e. The summed E-state index contributed by atoms with van der Waals surface area (Å²) in [5.41, 5.74) is 3.74. The van der Waals surface area contributed by atoms with Crippen LogP contribution < -0.4 is 0 Å². The minimum Gasteiger partial charge on any atom is -0.443 e. The first-order valence-electron chi connectivity index (χ1n) is 9.56. The van der Waals surface area contributed by atoms with Crippen molar-refractivity contribution in [2.24, 2.45) is 0 Å². The Bertz CT molecular complexity index is 1130. The van der Waals surface area contributed by atoms with E-state index in [9.17, 15) is 9.59 Å². The highest BCUT2D eigenvalue weighted by atomic mass is 79.9. The predicted molar refractivity (Wildman–Crippen MR) is 118 cm³/mol. The Kier molecular flexibility index (Phi) is 4.95. The lowest BCUT2D eigenvalue weighted by Gasteiger charge is -2.25. The van der Waals surface area contributed by atoms with Crippen molar-refractivity contribution in [1.29, 1.82) is 0 Å². The molecule has 0 N–H and O–H groups in total. The van der Waals surface area contributed by atoms with Gasteiger partial charge in [-0.15, -0.1) is 0 Å². The SMILES string of the molecule is CC(C)(C)OC(=O)n1c2c(c3ccccc31)C=C(C=O)[C@@H](c1ccc(Br)cc1)C2. The van der Waals surface area contributed by atoms with Crippen LogP contribution in [0.1, 0.15) is 43.5 Å². The molecule has 4 rings (SSSR count). The van der Waals surface area contributed by atoms with Gasteiger partial charge in [-0.2, -0.15) is 0 Å². The summed E-state index contributed by atoms with van der Waals surface area (Å²) < 4.78 is 8.34. The van der Waals surface area contributed by atoms with Crippen molar-refractivity contribution in [2.45, 2.75) is 38.7 Å². The van der Waals surface area contributed by atoms with E-state index in [2.05, 4.69) is 15.9 Å². The van der Waals surface area contributed by atoms with E-state index >= 15 is 0 Å². The fourth-order valence-electron chi connectivity index (χ4n) is 3.90. The molecule has 0 amide bonds. The molecular weight excluding hydrogens is 430 g/mol. The van der Waals surface area contributed by atoms with Gasteiger partial charge in [-0.25, -0.2) is 9.36 Å². The second kappa shape index (κ2) is 7.30. The molecular formula is C24H22BrNO3. The monoisotopic (exact) mass is 451 g/mol. The Morgan fingerprint density at radius 3 is 2.48 bits per heavy atom. The van der Waals surface area contributed by atoms with Gasteiger partial charge >= 0.3 is 6.09 Å². The second-order valence-electron chi connectivity index (χ2n) is 8.26. The van der Waals surface area contributed by atoms with Gasteiger partial charge in [0.25, 0.3) is 0 Å². The number of para-hydroxylation sites is 1. The molecule has 4 nitrogen and oxygen atoms in total. The highest BCUT2D eigenvalue weighted by Gasteiger charge is 2.31. The summed E-state index contributed by atoms with van der Waals surface area (Å²) in [4.78, 5) is 25.0. The maximum Gasteiger partial charge on any atom is 0.419 e. The van der Waals surface area contributed by atoms with E-state index in [1.807, 2.05) is 75.4 Å². The van der Waals surface area contributed by atoms with Crippen LogP contribution in [-0.4, -0.2) is 22.5 Å². The van der Waals surface area contributed by atoms with E-state index in [0.29, 0.717) is 12.0 Å². The first-order valence-corrected chi connectivity index (χ1v) is 10.4. The smallest absolute Gasteiger partial charge is 0.419 e. The quantitative estimate of drug-likeness (QED) is 0.441. The Morgan fingerprint density at radius 2 is 1.83 bits per heavy atom. The zero-order valence-electron chi connectivity index (χ0n) is 16.6. The van der Waals surface area contributed by atoms with E-state index in [1.54, 1.807) is 4.57 Å². The summed E-state index contributed by atoms with van der Waals surface area (Å²) in [6, 6.07) is 15.7. The van der Waals surface area contributed by atoms with Crippen molar-refractivity contribution >= 4 is 45.3 Å². The van der Waals surface area contributed by atoms with E-state index < -0.39 is 11.7 Å². The average Bonchev–Trinajstić information content (AvgIpc) is 3.00. The summed E-state index contributed by atoms with van der Waals surface area (Å²) >= 11 is 3.46. The van der Waals surface area contributed by atoms with Crippen LogP contribution in [0.25, 0.3) is 17.0 Å². The molecule has 0 spiro atoms. The Balaban J connectivity index is 1.90. The first kappa shape index (κ1) is 19.6. The number of ether oxygens (including phenoxy) is 1. The number of aromatic nitrogens is 1. The molecule has 148 valence electrons. The zero-order chi connectivity index (χ0) is 20.8. The number of carbonyl (C=O) groups excluding carboxylic acids is 2. The van der Waals surface area contributed by atoms with Gasteiger partial charge in [0.2, 0.25) is 0 Å². The highest BCUT2D eigenvalue weighted by Crippen LogP contribution is 2.40. The number of rotatable bonds is 2. The standard InChI is InChI=1S/C24H22BrNO3/c1-24(2,3)29-23(28)26-21-7-5-4-6-18(21)20-12-16(14-27)19(13-22(20)26)15-8-10-17(25)11-9-15/h4-12,14,19H,13H2,1-3H3/t19-/m1/s1. The molecule has 3 aromatic rings. The van der Waals surface area contributed by atoms with Crippen LogP contribution in [0, 0.1) is 0 Å². The lowest BCUT2D eigenvalue weighted by atomic mass is 9.82. The maximum absolute atomic E-state index is 13.1. The van der Waals surface area contributed by atoms with Gasteiger partial charge in [0.05, 0.1) is 5.52 Å². The third kappa shape index (κ3) is 3.67. The van der Waals surface area contributed by atoms with Gasteiger partial charge < -0.3 is 4.74 Å². The third-order valence-corrected chi connectivity index (χ3v) is 5.64. The summed E-state index contributed by atoms with van der Waals surface area (Å²) in [5, 5.41) is 0.946. The van der Waals surface area contributed by atoms with Gasteiger partial charge in [0.15, 0.2) is 0 Å². The summed E-state index contributed by atoms with van der Waals surface area (Å²) in [7, 11) is 0. The lowest BCUT2D eigenvalue weighted by Crippen LogP contribution is -2.29. The normalized spacial score (nSPS) is 16.3. The first-order chi connectivity index (χ1) is 13.8. The van der Waals surface area contributed by atoms with Crippen LogP contribution >= 0.6 is 15.9 Å². The van der Waals surface area contributed by atoms with Crippen LogP contribution in [0.15, 0.2) is 58.6 Å². The molecule has 1 aliphatic carbocycles. The molecule has 0 bridgehead atoms. The van der Waals surface area contributed by atoms with Crippen molar-refractivity contribution in [3.63, 3.8) is 0 Å². The lowest BCUT2D eigenvalue weighted by molar-refractivity contribution is -0.105. The number of hydrogen-bond acceptors (Lipinski definition) is 3. The van der Waals surface area contributed by atoms with E-state index in [-0.39, 0.29) is 5.92 Å². The molecule has 29 heavy (non-hydrogen) atoms.